The first-order valence-electron chi connectivity index (χ1n) is 6.05. The van der Waals surface area contributed by atoms with Crippen LogP contribution >= 0.6 is 11.8 Å². The van der Waals surface area contributed by atoms with Gasteiger partial charge in [-0.05, 0) is 38.5 Å². The molecule has 0 spiro atoms. The van der Waals surface area contributed by atoms with E-state index in [1.807, 2.05) is 11.8 Å². The third-order valence-corrected chi connectivity index (χ3v) is 4.23. The van der Waals surface area contributed by atoms with Crippen LogP contribution in [0.2, 0.25) is 0 Å². The van der Waals surface area contributed by atoms with Gasteiger partial charge in [0.05, 0.1) is 6.61 Å². The van der Waals surface area contributed by atoms with Crippen LogP contribution in [0.3, 0.4) is 0 Å². The monoisotopic (exact) mass is 233 g/mol. The average molecular weight is 233 g/mol. The molecule has 0 aromatic heterocycles. The smallest absolute Gasteiger partial charge is 0.0610 e. The van der Waals surface area contributed by atoms with E-state index in [0.29, 0.717) is 0 Å². The maximum Gasteiger partial charge on any atom is 0.0610 e. The van der Waals surface area contributed by atoms with Crippen molar-refractivity contribution in [3.05, 3.63) is 0 Å². The van der Waals surface area contributed by atoms with Crippen molar-refractivity contribution in [3.8, 4) is 0 Å². The summed E-state index contributed by atoms with van der Waals surface area (Å²) in [7, 11) is 0. The number of aliphatic hydroxyl groups is 1. The fourth-order valence-electron chi connectivity index (χ4n) is 1.51. The molecule has 0 rings (SSSR count). The Morgan fingerprint density at radius 1 is 1.40 bits per heavy atom. The molecule has 3 heteroatoms. The van der Waals surface area contributed by atoms with Crippen molar-refractivity contribution < 1.29 is 5.11 Å². The highest BCUT2D eigenvalue weighted by Crippen LogP contribution is 2.18. The molecule has 0 aliphatic heterocycles. The molecular formula is C12H27NOS. The van der Waals surface area contributed by atoms with Gasteiger partial charge in [0.25, 0.3) is 0 Å². The van der Waals surface area contributed by atoms with Crippen molar-refractivity contribution >= 4 is 11.8 Å². The van der Waals surface area contributed by atoms with Gasteiger partial charge in [-0.1, -0.05) is 20.8 Å². The highest BCUT2D eigenvalue weighted by molar-refractivity contribution is 7.99. The summed E-state index contributed by atoms with van der Waals surface area (Å²) in [5, 5.41) is 13.4. The van der Waals surface area contributed by atoms with Gasteiger partial charge in [0.2, 0.25) is 0 Å². The van der Waals surface area contributed by atoms with Crippen LogP contribution in [0.15, 0.2) is 0 Å². The Hall–Kier alpha value is 0.270. The lowest BCUT2D eigenvalue weighted by Crippen LogP contribution is -2.45. The molecule has 0 aromatic rings. The predicted molar refractivity (Wildman–Crippen MR) is 70.6 cm³/mol. The van der Waals surface area contributed by atoms with Gasteiger partial charge in [-0.3, -0.25) is 0 Å². The van der Waals surface area contributed by atoms with Crippen molar-refractivity contribution in [2.45, 2.75) is 57.7 Å². The molecule has 0 bridgehead atoms. The van der Waals surface area contributed by atoms with Crippen LogP contribution in [-0.4, -0.2) is 34.8 Å². The van der Waals surface area contributed by atoms with E-state index in [1.54, 1.807) is 0 Å². The second kappa shape index (κ2) is 8.43. The van der Waals surface area contributed by atoms with Crippen molar-refractivity contribution in [1.29, 1.82) is 0 Å². The Morgan fingerprint density at radius 2 is 2.07 bits per heavy atom. The van der Waals surface area contributed by atoms with E-state index < -0.39 is 0 Å². The van der Waals surface area contributed by atoms with Gasteiger partial charge in [-0.2, -0.15) is 11.8 Å². The highest BCUT2D eigenvalue weighted by Gasteiger charge is 2.20. The Kier molecular flexibility index (Phi) is 8.58. The Labute approximate surface area is 99.2 Å². The van der Waals surface area contributed by atoms with Gasteiger partial charge in [0.15, 0.2) is 0 Å². The number of rotatable bonds is 9. The summed E-state index contributed by atoms with van der Waals surface area (Å²) in [5.74, 6) is 1.20. The van der Waals surface area contributed by atoms with E-state index in [9.17, 15) is 5.11 Å². The molecule has 92 valence electrons. The minimum atomic E-state index is -0.0786. The molecular weight excluding hydrogens is 206 g/mol. The molecule has 0 aliphatic carbocycles. The number of nitrogens with one attached hydrogen (secondary N) is 1. The predicted octanol–water partition coefficient (Wildman–Crippen LogP) is 2.66. The second-order valence-corrected chi connectivity index (χ2v) is 5.99. The van der Waals surface area contributed by atoms with Crippen LogP contribution in [-0.2, 0) is 0 Å². The Morgan fingerprint density at radius 3 is 2.53 bits per heavy atom. The topological polar surface area (TPSA) is 32.3 Å². The fourth-order valence-corrected chi connectivity index (χ4v) is 2.46. The summed E-state index contributed by atoms with van der Waals surface area (Å²) in [6.45, 7) is 9.85. The standard InChI is InChI=1S/C12H27NOS/c1-5-11(3)15-9-7-8-12(4,10-14)13-6-2/h11,13-14H,5-10H2,1-4H3. The van der Waals surface area contributed by atoms with Gasteiger partial charge < -0.3 is 10.4 Å². The number of aliphatic hydroxyl groups excluding tert-OH is 1. The minimum Gasteiger partial charge on any atom is -0.394 e. The SMILES string of the molecule is CCNC(C)(CO)CCCSC(C)CC. The lowest BCUT2D eigenvalue weighted by Gasteiger charge is -2.28. The van der Waals surface area contributed by atoms with E-state index in [1.165, 1.54) is 18.6 Å². The second-order valence-electron chi connectivity index (χ2n) is 4.44. The van der Waals surface area contributed by atoms with Crippen molar-refractivity contribution in [1.82, 2.24) is 5.32 Å². The summed E-state index contributed by atoms with van der Waals surface area (Å²) in [6, 6.07) is 0. The first-order valence-corrected chi connectivity index (χ1v) is 7.10. The number of hydrogen-bond acceptors (Lipinski definition) is 3. The van der Waals surface area contributed by atoms with Crippen LogP contribution in [0.4, 0.5) is 0 Å². The average Bonchev–Trinajstić information content (AvgIpc) is 2.24. The van der Waals surface area contributed by atoms with E-state index in [2.05, 4.69) is 33.0 Å². The first kappa shape index (κ1) is 15.3. The minimum absolute atomic E-state index is 0.0786. The van der Waals surface area contributed by atoms with Crippen LogP contribution in [0.25, 0.3) is 0 Å². The number of thioether (sulfide) groups is 1. The molecule has 0 aromatic carbocycles. The Balaban J connectivity index is 3.63. The first-order chi connectivity index (χ1) is 7.08. The zero-order valence-electron chi connectivity index (χ0n) is 10.7. The van der Waals surface area contributed by atoms with E-state index in [0.717, 1.165) is 18.2 Å². The molecule has 0 saturated carbocycles. The summed E-state index contributed by atoms with van der Waals surface area (Å²) < 4.78 is 0. The molecule has 0 aliphatic rings. The van der Waals surface area contributed by atoms with Crippen LogP contribution < -0.4 is 5.32 Å². The summed E-state index contributed by atoms with van der Waals surface area (Å²) in [5.41, 5.74) is -0.0786. The van der Waals surface area contributed by atoms with Gasteiger partial charge in [0.1, 0.15) is 0 Å². The highest BCUT2D eigenvalue weighted by atomic mass is 32.2. The lowest BCUT2D eigenvalue weighted by molar-refractivity contribution is 0.167. The molecule has 2 nitrogen and oxygen atoms in total. The molecule has 15 heavy (non-hydrogen) atoms. The van der Waals surface area contributed by atoms with E-state index in [4.69, 9.17) is 0 Å². The molecule has 0 radical (unpaired) electrons. The van der Waals surface area contributed by atoms with E-state index >= 15 is 0 Å². The van der Waals surface area contributed by atoms with E-state index in [-0.39, 0.29) is 12.1 Å². The molecule has 0 amide bonds. The maximum absolute atomic E-state index is 9.30. The van der Waals surface area contributed by atoms with Crippen LogP contribution in [0.1, 0.15) is 47.0 Å². The number of likely N-dealkylation sites (N-methyl/N-ethyl adjacent to an activating group) is 1. The van der Waals surface area contributed by atoms with Crippen molar-refractivity contribution in [3.63, 3.8) is 0 Å². The summed E-state index contributed by atoms with van der Waals surface area (Å²) in [4.78, 5) is 0. The summed E-state index contributed by atoms with van der Waals surface area (Å²) in [6.07, 6.45) is 3.48. The molecule has 2 unspecified atom stereocenters. The van der Waals surface area contributed by atoms with Crippen LogP contribution in [0.5, 0.6) is 0 Å². The third-order valence-electron chi connectivity index (χ3n) is 2.80. The zero-order chi connectivity index (χ0) is 11.7. The molecule has 0 heterocycles. The summed E-state index contributed by atoms with van der Waals surface area (Å²) >= 11 is 2.04. The van der Waals surface area contributed by atoms with Gasteiger partial charge in [-0.15, -0.1) is 0 Å². The molecule has 2 atom stereocenters. The van der Waals surface area contributed by atoms with Crippen molar-refractivity contribution in [2.75, 3.05) is 18.9 Å². The fraction of sp³-hybridized carbons (Fsp3) is 1.00. The Bertz CT molecular complexity index is 155. The third kappa shape index (κ3) is 7.20. The van der Waals surface area contributed by atoms with Gasteiger partial charge >= 0.3 is 0 Å². The van der Waals surface area contributed by atoms with Gasteiger partial charge in [-0.25, -0.2) is 0 Å². The van der Waals surface area contributed by atoms with Gasteiger partial charge in [0, 0.05) is 10.8 Å². The quantitative estimate of drug-likeness (QED) is 0.601. The zero-order valence-corrected chi connectivity index (χ0v) is 11.5. The molecule has 0 fully saturated rings. The number of hydrogen-bond donors (Lipinski definition) is 2. The molecule has 2 N–H and O–H groups in total. The van der Waals surface area contributed by atoms with Crippen LogP contribution in [0, 0.1) is 0 Å². The maximum atomic E-state index is 9.30. The molecule has 0 saturated heterocycles. The normalized spacial score (nSPS) is 17.4. The lowest BCUT2D eigenvalue weighted by atomic mass is 9.97. The van der Waals surface area contributed by atoms with Crippen molar-refractivity contribution in [2.24, 2.45) is 0 Å². The largest absolute Gasteiger partial charge is 0.394 e.